The highest BCUT2D eigenvalue weighted by molar-refractivity contribution is 7.70. The van der Waals surface area contributed by atoms with Gasteiger partial charge < -0.3 is 18.1 Å². The molecule has 0 fully saturated rings. The van der Waals surface area contributed by atoms with E-state index in [0.717, 1.165) is 33.5 Å². The minimum atomic E-state index is -2.02. The van der Waals surface area contributed by atoms with Gasteiger partial charge in [-0.15, -0.1) is 0 Å². The molecule has 11 aromatic carbocycles. The Kier molecular flexibility index (Phi) is 17.6. The van der Waals surface area contributed by atoms with Gasteiger partial charge >= 0.3 is 0 Å². The van der Waals surface area contributed by atoms with Crippen molar-refractivity contribution in [2.24, 2.45) is 0 Å². The normalized spacial score (nSPS) is 11.5. The fourth-order valence-electron chi connectivity index (χ4n) is 12.4. The summed E-state index contributed by atoms with van der Waals surface area (Å²) >= 11 is 0. The van der Waals surface area contributed by atoms with Gasteiger partial charge in [0.1, 0.15) is 20.8 Å². The van der Waals surface area contributed by atoms with Crippen molar-refractivity contribution in [1.82, 2.24) is 23.9 Å². The van der Waals surface area contributed by atoms with E-state index >= 15 is 0 Å². The largest absolute Gasteiger partial charge is 0.439 e. The van der Waals surface area contributed by atoms with Crippen LogP contribution in [0.15, 0.2) is 284 Å². The Labute approximate surface area is 534 Å². The van der Waals surface area contributed by atoms with E-state index in [-0.39, 0.29) is 0 Å². The highest BCUT2D eigenvalue weighted by Crippen LogP contribution is 2.42. The Hall–Kier alpha value is -10.1. The number of hydrogen-bond donors (Lipinski definition) is 0. The molecule has 0 radical (unpaired) electrons. The van der Waals surface area contributed by atoms with Crippen molar-refractivity contribution in [3.05, 3.63) is 313 Å². The zero-order valence-electron chi connectivity index (χ0n) is 53.6. The molecule has 7 nitrogen and oxygen atoms in total. The number of aryl methyl sites for hydroxylation is 6. The fraction of sp³-hybridized carbons (Fsp3) is 0.122. The molecule has 5 aromatic heterocycles. The molecule has 16 aromatic rings. The van der Waals surface area contributed by atoms with E-state index in [9.17, 15) is 4.57 Å². The number of aromatic nitrogens is 5. The average Bonchev–Trinajstić information content (AvgIpc) is 1.57. The van der Waals surface area contributed by atoms with Gasteiger partial charge in [0.25, 0.3) is 0 Å². The SMILES string of the molecule is CP(C)(=O)c1ccccc1.C[Si](C)(c1ccccc1)c1ccccc1.Cc1cccc(-n2c3ccccc3c3c4cc(C)ccc4oc32)c1.Cc1cccc(-n2c3ccccc3c3cc4c5cc(C)ccc5n(-c5ccccc5)c4cc32)c1.Cc1cnnc(C)c1. The molecule has 450 valence electrons. The summed E-state index contributed by atoms with van der Waals surface area (Å²) in [5, 5.41) is 20.3. The number of fused-ring (bicyclic) bond motifs is 11. The second kappa shape index (κ2) is 26.1. The van der Waals surface area contributed by atoms with Gasteiger partial charge in [0, 0.05) is 54.7 Å². The van der Waals surface area contributed by atoms with Gasteiger partial charge in [0.05, 0.1) is 44.9 Å². The number of rotatable bonds is 6. The molecule has 91 heavy (non-hydrogen) atoms. The molecule has 0 aliphatic heterocycles. The van der Waals surface area contributed by atoms with E-state index in [1.807, 2.05) is 50.2 Å². The van der Waals surface area contributed by atoms with E-state index in [2.05, 4.69) is 301 Å². The van der Waals surface area contributed by atoms with Crippen LogP contribution in [0.3, 0.4) is 0 Å². The number of nitrogens with zero attached hydrogens (tertiary/aromatic N) is 5. The highest BCUT2D eigenvalue weighted by atomic mass is 31.2. The summed E-state index contributed by atoms with van der Waals surface area (Å²) in [5.74, 6) is 0. The van der Waals surface area contributed by atoms with Crippen molar-refractivity contribution < 1.29 is 8.98 Å². The minimum absolute atomic E-state index is 0.919. The molecule has 0 amide bonds. The topological polar surface area (TPSA) is 70.8 Å². The molecule has 0 unspecified atom stereocenters. The van der Waals surface area contributed by atoms with Gasteiger partial charge in [-0.2, -0.15) is 10.2 Å². The van der Waals surface area contributed by atoms with Crippen LogP contribution in [0.1, 0.15) is 33.5 Å². The summed E-state index contributed by atoms with van der Waals surface area (Å²) in [6.07, 6.45) is 1.74. The van der Waals surface area contributed by atoms with Gasteiger partial charge in [-0.1, -0.05) is 217 Å². The Balaban J connectivity index is 0.000000122. The zero-order valence-corrected chi connectivity index (χ0v) is 55.5. The zero-order chi connectivity index (χ0) is 63.4. The van der Waals surface area contributed by atoms with Gasteiger partial charge in [-0.25, -0.2) is 0 Å². The molecule has 9 heteroatoms. The maximum atomic E-state index is 11.4. The lowest BCUT2D eigenvalue weighted by Gasteiger charge is -2.23. The van der Waals surface area contributed by atoms with Crippen LogP contribution in [0, 0.1) is 41.5 Å². The van der Waals surface area contributed by atoms with Crippen molar-refractivity contribution in [2.75, 3.05) is 13.3 Å². The van der Waals surface area contributed by atoms with Gasteiger partial charge in [-0.05, 0) is 163 Å². The lowest BCUT2D eigenvalue weighted by molar-refractivity contribution is 0.588. The first-order valence-electron chi connectivity index (χ1n) is 31.1. The molecule has 0 spiro atoms. The van der Waals surface area contributed by atoms with E-state index in [4.69, 9.17) is 4.42 Å². The van der Waals surface area contributed by atoms with E-state index in [0.29, 0.717) is 0 Å². The maximum absolute atomic E-state index is 11.4. The Morgan fingerprint density at radius 1 is 0.363 bits per heavy atom. The first-order valence-corrected chi connectivity index (χ1v) is 36.7. The van der Waals surface area contributed by atoms with Crippen LogP contribution in [0.2, 0.25) is 13.1 Å². The average molecular weight is 1220 g/mol. The molecular formula is C82H76N5O2PSi. The van der Waals surface area contributed by atoms with Crippen LogP contribution in [-0.4, -0.2) is 45.3 Å². The number of benzene rings is 11. The second-order valence-corrected chi connectivity index (χ2v) is 32.3. The predicted octanol–water partition coefficient (Wildman–Crippen LogP) is 20.2. The molecular weight excluding hydrogens is 1150 g/mol. The third-order valence-corrected chi connectivity index (χ3v) is 22.1. The molecule has 5 heterocycles. The molecule has 16 rings (SSSR count). The van der Waals surface area contributed by atoms with Crippen LogP contribution in [-0.2, 0) is 4.57 Å². The van der Waals surface area contributed by atoms with Crippen molar-refractivity contribution >= 4 is 107 Å². The summed E-state index contributed by atoms with van der Waals surface area (Å²) in [4.78, 5) is 0. The molecule has 0 aliphatic rings. The summed E-state index contributed by atoms with van der Waals surface area (Å²) < 4.78 is 24.7. The van der Waals surface area contributed by atoms with Gasteiger partial charge in [-0.3, -0.25) is 4.57 Å². The number of hydrogen-bond acceptors (Lipinski definition) is 4. The molecule has 0 saturated heterocycles. The molecule has 0 N–H and O–H groups in total. The quantitative estimate of drug-likeness (QED) is 0.123. The van der Waals surface area contributed by atoms with Crippen LogP contribution >= 0.6 is 7.14 Å². The van der Waals surface area contributed by atoms with Crippen LogP contribution in [0.5, 0.6) is 0 Å². The smallest absolute Gasteiger partial charge is 0.213 e. The lowest BCUT2D eigenvalue weighted by Crippen LogP contribution is -2.52. The van der Waals surface area contributed by atoms with E-state index < -0.39 is 15.2 Å². The van der Waals surface area contributed by atoms with Crippen LogP contribution < -0.4 is 15.7 Å². The first-order chi connectivity index (χ1) is 44.0. The third kappa shape index (κ3) is 12.9. The van der Waals surface area contributed by atoms with Crippen molar-refractivity contribution in [2.45, 2.75) is 54.6 Å². The van der Waals surface area contributed by atoms with Crippen molar-refractivity contribution in [3.8, 4) is 17.1 Å². The number of furan rings is 1. The second-order valence-electron chi connectivity index (χ2n) is 24.7. The number of para-hydroxylation sites is 3. The first kappa shape index (κ1) is 61.1. The fourth-order valence-corrected chi connectivity index (χ4v) is 15.7. The standard InChI is InChI=1S/C32H24N2.C22H17NO.C14H16Si.C8H11OP.C6H8N2/c1-21-9-8-12-24(17-21)34-29-14-7-6-13-25(29)27-19-28-26-18-22(2)15-16-30(26)33(32(28)20-31(27)34)23-10-4-3-5-11-23;1-14-6-5-7-16(12-14)23-19-9-4-3-8-17(19)21-18-13-15(2)10-11-20(18)24-22(21)23;1-15(2,13-9-5-3-6-10-13)14-11-7-4-8-12-14;1-10(2,9)8-6-4-3-5-7-8;1-5-3-6(2)8-7-4-5/h3-20H,1-2H3;3-13H,1-2H3;3-12H,1-2H3;3-7H,1-2H3;3-4H,1-2H3. The Morgan fingerprint density at radius 2 is 0.813 bits per heavy atom. The summed E-state index contributed by atoms with van der Waals surface area (Å²) in [6.45, 7) is 20.9. The highest BCUT2D eigenvalue weighted by Gasteiger charge is 2.25. The monoisotopic (exact) mass is 1220 g/mol. The van der Waals surface area contributed by atoms with E-state index in [1.54, 1.807) is 19.5 Å². The predicted molar refractivity (Wildman–Crippen MR) is 391 cm³/mol. The summed E-state index contributed by atoms with van der Waals surface area (Å²) in [5.41, 5.74) is 18.7. The van der Waals surface area contributed by atoms with Crippen molar-refractivity contribution in [1.29, 1.82) is 0 Å². The molecule has 0 saturated carbocycles. The van der Waals surface area contributed by atoms with Gasteiger partial charge in [0.15, 0.2) is 0 Å². The van der Waals surface area contributed by atoms with Crippen molar-refractivity contribution in [3.63, 3.8) is 0 Å². The van der Waals surface area contributed by atoms with Gasteiger partial charge in [0.2, 0.25) is 5.71 Å². The molecule has 0 aliphatic carbocycles. The molecule has 0 bridgehead atoms. The summed E-state index contributed by atoms with van der Waals surface area (Å²) in [7, 11) is -3.47. The summed E-state index contributed by atoms with van der Waals surface area (Å²) in [6, 6.07) is 96.5. The van der Waals surface area contributed by atoms with E-state index in [1.165, 1.54) is 109 Å². The Morgan fingerprint density at radius 3 is 1.36 bits per heavy atom. The van der Waals surface area contributed by atoms with Crippen LogP contribution in [0.25, 0.3) is 93.6 Å². The molecule has 0 atom stereocenters. The Bertz CT molecular complexity index is 5210. The lowest BCUT2D eigenvalue weighted by atomic mass is 10.1. The third-order valence-electron chi connectivity index (χ3n) is 17.0. The maximum Gasteiger partial charge on any atom is 0.213 e. The van der Waals surface area contributed by atoms with Crippen LogP contribution in [0.4, 0.5) is 0 Å². The minimum Gasteiger partial charge on any atom is -0.439 e.